The third-order valence-electron chi connectivity index (χ3n) is 13.7. The molecular formula is C58H68N16O15. The minimum absolute atomic E-state index is 0.0893. The first-order valence-electron chi connectivity index (χ1n) is 28.2. The second kappa shape index (κ2) is 29.5. The van der Waals surface area contributed by atoms with Gasteiger partial charge in [0.05, 0.1) is 116 Å². The monoisotopic (exact) mass is 1230 g/mol. The maximum atomic E-state index is 12.7. The molecule has 89 heavy (non-hydrogen) atoms. The molecule has 0 unspecified atom stereocenters. The minimum atomic E-state index is -0.628. The fourth-order valence-corrected chi connectivity index (χ4v) is 10.1. The molecular weight excluding hydrogens is 1160 g/mol. The Labute approximate surface area is 507 Å². The predicted molar refractivity (Wildman–Crippen MR) is 317 cm³/mol. The number of nitrogens with two attached hydrogens (primary N) is 1. The molecule has 7 heterocycles. The van der Waals surface area contributed by atoms with Crippen LogP contribution in [0.25, 0.3) is 55.0 Å². The van der Waals surface area contributed by atoms with Crippen LogP contribution in [0.1, 0.15) is 96.3 Å². The number of aliphatic hydroxyl groups is 4. The molecule has 0 saturated heterocycles. The second-order valence-electron chi connectivity index (χ2n) is 19.6. The van der Waals surface area contributed by atoms with E-state index in [9.17, 15) is 34.2 Å². The average Bonchev–Trinajstić information content (AvgIpc) is 1.82. The van der Waals surface area contributed by atoms with Gasteiger partial charge in [0.25, 0.3) is 5.91 Å². The van der Waals surface area contributed by atoms with Crippen LogP contribution >= 0.6 is 0 Å². The van der Waals surface area contributed by atoms with Gasteiger partial charge < -0.3 is 59.5 Å². The van der Waals surface area contributed by atoms with Crippen molar-refractivity contribution in [3.8, 4) is 29.4 Å². The summed E-state index contributed by atoms with van der Waals surface area (Å²) in [6.07, 6.45) is 9.25. The number of aryl methyl sites for hydroxylation is 1. The molecule has 0 saturated carbocycles. The van der Waals surface area contributed by atoms with Crippen molar-refractivity contribution in [2.24, 2.45) is 5.73 Å². The Kier molecular flexibility index (Phi) is 21.5. The maximum absolute atomic E-state index is 12.7. The Bertz CT molecular complexity index is 4110. The topological polar surface area (TPSA) is 400 Å². The third kappa shape index (κ3) is 13.9. The number of allylic oxidation sites excluding steroid dienone is 1. The molecule has 31 nitrogen and oxygen atoms in total. The first-order valence-corrected chi connectivity index (χ1v) is 28.2. The normalized spacial score (nSPS) is 12.6. The fourth-order valence-electron chi connectivity index (χ4n) is 10.1. The van der Waals surface area contributed by atoms with E-state index in [2.05, 4.69) is 50.3 Å². The number of hydrogen-bond donors (Lipinski definition) is 5. The standard InChI is InChI=1S/C15H18N4O4.C15H16N4O4.C15H21N3O4.C13H13N5O3/c2*1-3-23-14(21)12-10-5-4-9-8-16-15(22-2)17-11(9)13(10)19(18-12)6-7-20;1-4-22-15(21)12-11-6-5-10(9-17(2)3)14(20)13(11)18(16-12)7-8-19;1-21-13-15-6-7-2-3-8-10(12(14)20)17-18(4-5-19)11(8)9(7)16-13/h8,20H,3-7H2,1-2H3;4-5,8,20H,3,6-7H2,1-2H3;9,19H,4-8H2,1-3H3;2-3,6,19H,4-5H2,1H3,(H2,14,20)/b;;10-9+;. The molecule has 0 radical (unpaired) electrons. The van der Waals surface area contributed by atoms with Crippen molar-refractivity contribution in [3.63, 3.8) is 0 Å². The number of aromatic nitrogens is 14. The zero-order chi connectivity index (χ0) is 64.1. The van der Waals surface area contributed by atoms with E-state index in [0.717, 1.165) is 27.6 Å². The van der Waals surface area contributed by atoms with Crippen LogP contribution in [-0.2, 0) is 59.7 Å². The van der Waals surface area contributed by atoms with Crippen LogP contribution in [0.15, 0.2) is 54.6 Å². The SMILES string of the molecule is CCOC(=O)c1nn(CCO)c2c1CC/C(=C\N(C)C)C2=O.CCOC(=O)c1nn(CCO)c2c1CCc1cnc(OC)nc1-2.CCOC(=O)c1nn(CCO)c2c1ccc1cnc(OC)nc12.COc1ncc2ccc3c(C(N)=O)nn(CCO)c3c2n1. The van der Waals surface area contributed by atoms with Gasteiger partial charge in [-0.1, -0.05) is 12.1 Å². The molecule has 1 amide bonds. The summed E-state index contributed by atoms with van der Waals surface area (Å²) in [6.45, 7) is 6.44. The number of fused-ring (bicyclic) bond motifs is 10. The van der Waals surface area contributed by atoms with Gasteiger partial charge in [0, 0.05) is 77.1 Å². The lowest BCUT2D eigenvalue weighted by atomic mass is 9.90. The quantitative estimate of drug-likeness (QED) is 0.0441. The van der Waals surface area contributed by atoms with Crippen molar-refractivity contribution < 1.29 is 72.8 Å². The number of ether oxygens (including phenoxy) is 6. The van der Waals surface area contributed by atoms with Gasteiger partial charge in [-0.15, -0.1) is 0 Å². The van der Waals surface area contributed by atoms with Crippen molar-refractivity contribution in [2.75, 3.05) is 81.7 Å². The first-order chi connectivity index (χ1) is 43.0. The van der Waals surface area contributed by atoms with Gasteiger partial charge in [-0.25, -0.2) is 29.3 Å². The first kappa shape index (κ1) is 64.9. The summed E-state index contributed by atoms with van der Waals surface area (Å²) in [5, 5.41) is 56.6. The Hall–Kier alpha value is -10.1. The fraction of sp³-hybridized carbons (Fsp3) is 0.397. The zero-order valence-corrected chi connectivity index (χ0v) is 50.3. The molecule has 31 heteroatoms. The van der Waals surface area contributed by atoms with Gasteiger partial charge >= 0.3 is 35.9 Å². The Morgan fingerprint density at radius 2 is 0.966 bits per heavy atom. The van der Waals surface area contributed by atoms with Crippen LogP contribution in [0.2, 0.25) is 0 Å². The number of benzene rings is 2. The second-order valence-corrected chi connectivity index (χ2v) is 19.6. The maximum Gasteiger partial charge on any atom is 0.359 e. The van der Waals surface area contributed by atoms with Gasteiger partial charge in [-0.05, 0) is 64.2 Å². The van der Waals surface area contributed by atoms with Crippen LogP contribution < -0.4 is 19.9 Å². The summed E-state index contributed by atoms with van der Waals surface area (Å²) in [4.78, 5) is 87.6. The average molecular weight is 1230 g/mol. The Morgan fingerprint density at radius 3 is 1.44 bits per heavy atom. The summed E-state index contributed by atoms with van der Waals surface area (Å²) in [7, 11) is 8.16. The number of amides is 1. The Morgan fingerprint density at radius 1 is 0.551 bits per heavy atom. The molecule has 0 fully saturated rings. The summed E-state index contributed by atoms with van der Waals surface area (Å²) >= 11 is 0. The molecule has 7 aromatic heterocycles. The van der Waals surface area contributed by atoms with Gasteiger partial charge in [0.15, 0.2) is 22.8 Å². The number of ketones is 1. The van der Waals surface area contributed by atoms with Gasteiger partial charge in [-0.3, -0.25) is 28.3 Å². The molecule has 0 spiro atoms. The molecule has 11 rings (SSSR count). The number of rotatable bonds is 19. The summed E-state index contributed by atoms with van der Waals surface area (Å²) in [5.74, 6) is -2.26. The number of Topliss-reactive ketones (excluding diaryl/α,β-unsaturated/α-hetero) is 1. The highest BCUT2D eigenvalue weighted by atomic mass is 16.5. The number of aliphatic hydroxyl groups excluding tert-OH is 4. The van der Waals surface area contributed by atoms with E-state index in [0.29, 0.717) is 86.7 Å². The van der Waals surface area contributed by atoms with E-state index in [4.69, 9.17) is 44.4 Å². The van der Waals surface area contributed by atoms with Crippen LogP contribution in [0.5, 0.6) is 18.0 Å². The number of esters is 3. The molecule has 2 aliphatic carbocycles. The lowest BCUT2D eigenvalue weighted by Gasteiger charge is -2.18. The van der Waals surface area contributed by atoms with E-state index in [1.807, 2.05) is 25.1 Å². The highest BCUT2D eigenvalue weighted by molar-refractivity contribution is 6.13. The highest BCUT2D eigenvalue weighted by Crippen LogP contribution is 2.36. The van der Waals surface area contributed by atoms with Crippen molar-refractivity contribution in [3.05, 3.63) is 99.8 Å². The van der Waals surface area contributed by atoms with Gasteiger partial charge in [-0.2, -0.15) is 35.3 Å². The summed E-state index contributed by atoms with van der Waals surface area (Å²) in [5.41, 5.74) is 13.5. The van der Waals surface area contributed by atoms with Crippen molar-refractivity contribution in [1.29, 1.82) is 0 Å². The molecule has 2 aromatic carbocycles. The van der Waals surface area contributed by atoms with Gasteiger partial charge in [0.2, 0.25) is 5.78 Å². The van der Waals surface area contributed by atoms with Crippen molar-refractivity contribution in [1.82, 2.24) is 73.9 Å². The van der Waals surface area contributed by atoms with Crippen LogP contribution in [-0.4, -0.2) is 206 Å². The number of carbonyl (C=O) groups is 5. The molecule has 470 valence electrons. The zero-order valence-electron chi connectivity index (χ0n) is 50.3. The number of hydrogen-bond acceptors (Lipinski definition) is 26. The number of methoxy groups -OCH3 is 3. The number of nitrogens with zero attached hydrogens (tertiary/aromatic N) is 15. The summed E-state index contributed by atoms with van der Waals surface area (Å²) < 4.78 is 36.4. The van der Waals surface area contributed by atoms with E-state index < -0.39 is 23.8 Å². The van der Waals surface area contributed by atoms with Crippen LogP contribution in [0.4, 0.5) is 0 Å². The minimum Gasteiger partial charge on any atom is -0.467 e. The van der Waals surface area contributed by atoms with E-state index in [-0.39, 0.29) is 113 Å². The number of carbonyl (C=O) groups excluding carboxylic acids is 5. The van der Waals surface area contributed by atoms with E-state index in [1.54, 1.807) is 73.1 Å². The lowest BCUT2D eigenvalue weighted by Crippen LogP contribution is -2.21. The molecule has 6 N–H and O–H groups in total. The Balaban J connectivity index is 0.000000154. The third-order valence-corrected chi connectivity index (χ3v) is 13.7. The van der Waals surface area contributed by atoms with Crippen molar-refractivity contribution in [2.45, 2.75) is 72.6 Å². The lowest BCUT2D eigenvalue weighted by molar-refractivity contribution is 0.0507. The smallest absolute Gasteiger partial charge is 0.359 e. The largest absolute Gasteiger partial charge is 0.467 e. The number of primary amides is 1. The molecule has 9 aromatic rings. The van der Waals surface area contributed by atoms with Crippen LogP contribution in [0, 0.1) is 0 Å². The molecule has 0 aliphatic heterocycles. The van der Waals surface area contributed by atoms with Crippen LogP contribution in [0.3, 0.4) is 0 Å². The highest BCUT2D eigenvalue weighted by Gasteiger charge is 2.34. The molecule has 0 bridgehead atoms. The van der Waals surface area contributed by atoms with Crippen molar-refractivity contribution >= 4 is 73.2 Å². The van der Waals surface area contributed by atoms with Gasteiger partial charge in [0.1, 0.15) is 16.7 Å². The molecule has 0 atom stereocenters. The summed E-state index contributed by atoms with van der Waals surface area (Å²) in [6, 6.07) is 7.81. The molecule has 2 aliphatic rings. The van der Waals surface area contributed by atoms with E-state index in [1.165, 1.54) is 30.7 Å². The predicted octanol–water partition coefficient (Wildman–Crippen LogP) is 2.48. The van der Waals surface area contributed by atoms with E-state index >= 15 is 0 Å².